The normalized spacial score (nSPS) is 11.7. The second kappa shape index (κ2) is 8.58. The van der Waals surface area contributed by atoms with E-state index >= 15 is 0 Å². The van der Waals surface area contributed by atoms with Crippen molar-refractivity contribution in [3.8, 4) is 0 Å². The van der Waals surface area contributed by atoms with E-state index in [1.165, 1.54) is 0 Å². The number of aromatic nitrogens is 1. The van der Waals surface area contributed by atoms with E-state index in [9.17, 15) is 0 Å². The summed E-state index contributed by atoms with van der Waals surface area (Å²) >= 11 is 1.65. The number of ether oxygens (including phenoxy) is 1. The van der Waals surface area contributed by atoms with Gasteiger partial charge >= 0.3 is 0 Å². The van der Waals surface area contributed by atoms with E-state index in [0.29, 0.717) is 12.6 Å². The van der Waals surface area contributed by atoms with Crippen molar-refractivity contribution in [1.29, 1.82) is 0 Å². The van der Waals surface area contributed by atoms with Crippen molar-refractivity contribution >= 4 is 11.3 Å². The zero-order valence-electron chi connectivity index (χ0n) is 11.7. The summed E-state index contributed by atoms with van der Waals surface area (Å²) in [6, 6.07) is 0.600. The number of hydrogen-bond donors (Lipinski definition) is 1. The quantitative estimate of drug-likeness (QED) is 0.748. The first-order valence-corrected chi connectivity index (χ1v) is 7.49. The Kier molecular flexibility index (Phi) is 7.42. The van der Waals surface area contributed by atoms with Crippen molar-refractivity contribution in [1.82, 2.24) is 9.88 Å². The van der Waals surface area contributed by atoms with Crippen molar-refractivity contribution in [2.45, 2.75) is 45.8 Å². The lowest BCUT2D eigenvalue weighted by atomic mass is 10.1. The molecule has 4 nitrogen and oxygen atoms in total. The second-order valence-corrected chi connectivity index (χ2v) is 5.31. The molecule has 0 saturated heterocycles. The SMILES string of the molecule is CCC(CC)N(CCOC)Cc1csc(CN)n1. The maximum Gasteiger partial charge on any atom is 0.106 e. The Labute approximate surface area is 114 Å². The average molecular weight is 271 g/mol. The third-order valence-corrected chi connectivity index (χ3v) is 4.10. The molecule has 1 aromatic heterocycles. The first-order chi connectivity index (χ1) is 8.74. The first-order valence-electron chi connectivity index (χ1n) is 6.61. The molecular formula is C13H25N3OS. The Morgan fingerprint density at radius 1 is 1.44 bits per heavy atom. The predicted octanol–water partition coefficient (Wildman–Crippen LogP) is 2.24. The van der Waals surface area contributed by atoms with E-state index in [0.717, 1.165) is 43.2 Å². The lowest BCUT2D eigenvalue weighted by Gasteiger charge is -2.29. The lowest BCUT2D eigenvalue weighted by molar-refractivity contribution is 0.109. The highest BCUT2D eigenvalue weighted by molar-refractivity contribution is 7.09. The minimum absolute atomic E-state index is 0.535. The largest absolute Gasteiger partial charge is 0.383 e. The minimum Gasteiger partial charge on any atom is -0.383 e. The van der Waals surface area contributed by atoms with Gasteiger partial charge < -0.3 is 10.5 Å². The van der Waals surface area contributed by atoms with Crippen LogP contribution >= 0.6 is 11.3 Å². The molecule has 0 atom stereocenters. The van der Waals surface area contributed by atoms with E-state index in [2.05, 4.69) is 29.1 Å². The molecule has 0 aliphatic carbocycles. The summed E-state index contributed by atoms with van der Waals surface area (Å²) in [6.45, 7) is 7.63. The van der Waals surface area contributed by atoms with E-state index in [1.807, 2.05) is 0 Å². The summed E-state index contributed by atoms with van der Waals surface area (Å²) < 4.78 is 5.20. The van der Waals surface area contributed by atoms with Gasteiger partial charge in [-0.3, -0.25) is 4.90 Å². The van der Waals surface area contributed by atoms with Crippen LogP contribution in [-0.2, 0) is 17.8 Å². The Hall–Kier alpha value is -0.490. The van der Waals surface area contributed by atoms with Crippen molar-refractivity contribution < 1.29 is 4.74 Å². The van der Waals surface area contributed by atoms with Crippen LogP contribution in [0.4, 0.5) is 0 Å². The zero-order chi connectivity index (χ0) is 13.4. The van der Waals surface area contributed by atoms with Crippen molar-refractivity contribution in [2.75, 3.05) is 20.3 Å². The summed E-state index contributed by atoms with van der Waals surface area (Å²) in [5.41, 5.74) is 6.73. The summed E-state index contributed by atoms with van der Waals surface area (Å²) in [5, 5.41) is 3.13. The molecule has 0 unspecified atom stereocenters. The molecule has 0 spiro atoms. The van der Waals surface area contributed by atoms with Gasteiger partial charge in [0, 0.05) is 38.2 Å². The minimum atomic E-state index is 0.535. The molecule has 0 amide bonds. The standard InChI is InChI=1S/C13H25N3OS/c1-4-12(5-2)16(6-7-17-3)9-11-10-18-13(8-14)15-11/h10,12H,4-9,14H2,1-3H3. The second-order valence-electron chi connectivity index (χ2n) is 4.37. The molecule has 0 aliphatic heterocycles. The van der Waals surface area contributed by atoms with E-state index in [4.69, 9.17) is 10.5 Å². The highest BCUT2D eigenvalue weighted by atomic mass is 32.1. The summed E-state index contributed by atoms with van der Waals surface area (Å²) in [5.74, 6) is 0. The molecule has 1 aromatic rings. The monoisotopic (exact) mass is 271 g/mol. The van der Waals surface area contributed by atoms with Gasteiger partial charge in [-0.05, 0) is 12.8 Å². The van der Waals surface area contributed by atoms with Crippen molar-refractivity contribution in [3.63, 3.8) is 0 Å². The van der Waals surface area contributed by atoms with Crippen LogP contribution < -0.4 is 5.73 Å². The van der Waals surface area contributed by atoms with Crippen LogP contribution in [0.15, 0.2) is 5.38 Å². The molecule has 5 heteroatoms. The summed E-state index contributed by atoms with van der Waals surface area (Å²) in [7, 11) is 1.75. The maximum atomic E-state index is 5.60. The number of thiazole rings is 1. The fourth-order valence-corrected chi connectivity index (χ4v) is 2.79. The van der Waals surface area contributed by atoms with E-state index in [1.54, 1.807) is 18.4 Å². The van der Waals surface area contributed by atoms with Gasteiger partial charge in [-0.1, -0.05) is 13.8 Å². The van der Waals surface area contributed by atoms with Crippen LogP contribution in [0.25, 0.3) is 0 Å². The Bertz CT molecular complexity index is 326. The van der Waals surface area contributed by atoms with Gasteiger partial charge in [0.25, 0.3) is 0 Å². The molecule has 0 radical (unpaired) electrons. The molecule has 18 heavy (non-hydrogen) atoms. The van der Waals surface area contributed by atoms with Crippen LogP contribution in [0, 0.1) is 0 Å². The molecule has 0 bridgehead atoms. The molecule has 0 fully saturated rings. The van der Waals surface area contributed by atoms with Crippen molar-refractivity contribution in [3.05, 3.63) is 16.1 Å². The Balaban J connectivity index is 2.64. The average Bonchev–Trinajstić information content (AvgIpc) is 2.84. The smallest absolute Gasteiger partial charge is 0.106 e. The van der Waals surface area contributed by atoms with E-state index in [-0.39, 0.29) is 0 Å². The molecule has 0 aliphatic rings. The highest BCUT2D eigenvalue weighted by Gasteiger charge is 2.16. The van der Waals surface area contributed by atoms with Gasteiger partial charge in [-0.15, -0.1) is 11.3 Å². The maximum absolute atomic E-state index is 5.60. The van der Waals surface area contributed by atoms with Crippen LogP contribution in [0.2, 0.25) is 0 Å². The third kappa shape index (κ3) is 4.65. The lowest BCUT2D eigenvalue weighted by Crippen LogP contribution is -2.36. The molecule has 104 valence electrons. The van der Waals surface area contributed by atoms with Crippen LogP contribution in [0.5, 0.6) is 0 Å². The zero-order valence-corrected chi connectivity index (χ0v) is 12.5. The Morgan fingerprint density at radius 3 is 2.67 bits per heavy atom. The van der Waals surface area contributed by atoms with E-state index < -0.39 is 0 Å². The first kappa shape index (κ1) is 15.6. The fourth-order valence-electron chi connectivity index (χ4n) is 2.13. The number of hydrogen-bond acceptors (Lipinski definition) is 5. The summed E-state index contributed by atoms with van der Waals surface area (Å²) in [6.07, 6.45) is 2.32. The number of nitrogens with zero attached hydrogens (tertiary/aromatic N) is 2. The molecule has 0 saturated carbocycles. The van der Waals surface area contributed by atoms with Gasteiger partial charge in [0.05, 0.1) is 12.3 Å². The number of rotatable bonds is 9. The van der Waals surface area contributed by atoms with Crippen LogP contribution in [-0.4, -0.2) is 36.2 Å². The number of methoxy groups -OCH3 is 1. The molecular weight excluding hydrogens is 246 g/mol. The van der Waals surface area contributed by atoms with Gasteiger partial charge in [0.15, 0.2) is 0 Å². The Morgan fingerprint density at radius 2 is 2.17 bits per heavy atom. The molecule has 2 N–H and O–H groups in total. The topological polar surface area (TPSA) is 51.4 Å². The van der Waals surface area contributed by atoms with Gasteiger partial charge in [-0.25, -0.2) is 4.98 Å². The third-order valence-electron chi connectivity index (χ3n) is 3.18. The molecule has 0 aromatic carbocycles. The van der Waals surface area contributed by atoms with Crippen LogP contribution in [0.1, 0.15) is 37.4 Å². The molecule has 1 heterocycles. The van der Waals surface area contributed by atoms with Gasteiger partial charge in [-0.2, -0.15) is 0 Å². The highest BCUT2D eigenvalue weighted by Crippen LogP contribution is 2.15. The fraction of sp³-hybridized carbons (Fsp3) is 0.769. The van der Waals surface area contributed by atoms with Crippen LogP contribution in [0.3, 0.4) is 0 Å². The predicted molar refractivity (Wildman–Crippen MR) is 76.7 cm³/mol. The molecule has 1 rings (SSSR count). The van der Waals surface area contributed by atoms with Gasteiger partial charge in [0.2, 0.25) is 0 Å². The summed E-state index contributed by atoms with van der Waals surface area (Å²) in [4.78, 5) is 7.00. The number of nitrogens with two attached hydrogens (primary N) is 1. The van der Waals surface area contributed by atoms with Crippen molar-refractivity contribution in [2.24, 2.45) is 5.73 Å². The van der Waals surface area contributed by atoms with Gasteiger partial charge in [0.1, 0.15) is 5.01 Å².